The summed E-state index contributed by atoms with van der Waals surface area (Å²) < 4.78 is 5.97. The number of halogens is 1. The molecule has 1 heterocycles. The van der Waals surface area contributed by atoms with Crippen molar-refractivity contribution in [1.29, 1.82) is 0 Å². The zero-order valence-corrected chi connectivity index (χ0v) is 14.9. The fourth-order valence-corrected chi connectivity index (χ4v) is 3.78. The zero-order valence-electron chi connectivity index (χ0n) is 14.2. The molecule has 1 aliphatic heterocycles. The molecule has 1 fully saturated rings. The molecule has 0 amide bonds. The van der Waals surface area contributed by atoms with Crippen LogP contribution >= 0.6 is 11.6 Å². The van der Waals surface area contributed by atoms with E-state index in [1.807, 2.05) is 19.9 Å². The monoisotopic (exact) mass is 325 g/mol. The first-order valence-corrected chi connectivity index (χ1v) is 8.66. The zero-order chi connectivity index (χ0) is 16.3. The van der Waals surface area contributed by atoms with E-state index in [1.165, 1.54) is 12.8 Å². The van der Waals surface area contributed by atoms with Crippen LogP contribution in [0.5, 0.6) is 5.75 Å². The van der Waals surface area contributed by atoms with Gasteiger partial charge in [-0.25, -0.2) is 0 Å². The maximum atomic E-state index is 9.78. The molecule has 2 unspecified atom stereocenters. The molecular weight excluding hydrogens is 298 g/mol. The number of ether oxygens (including phenoxy) is 1. The van der Waals surface area contributed by atoms with Crippen molar-refractivity contribution in [2.75, 3.05) is 26.3 Å². The summed E-state index contributed by atoms with van der Waals surface area (Å²) in [6.07, 6.45) is 2.44. The van der Waals surface area contributed by atoms with Gasteiger partial charge in [0, 0.05) is 23.2 Å². The standard InChI is InChI=1S/C18H28ClNO2/c1-5-22-18-12(2)10-15(19)14(4)16(18)17(13(3)11-21)20-8-6-7-9-20/h10,13,17,21H,5-9,11H2,1-4H3. The lowest BCUT2D eigenvalue weighted by Crippen LogP contribution is -2.33. The van der Waals surface area contributed by atoms with Gasteiger partial charge in [0.2, 0.25) is 0 Å². The molecule has 2 rings (SSSR count). The summed E-state index contributed by atoms with van der Waals surface area (Å²) in [5, 5.41) is 10.6. The summed E-state index contributed by atoms with van der Waals surface area (Å²) in [6.45, 7) is 11.2. The normalized spacial score (nSPS) is 18.5. The van der Waals surface area contributed by atoms with E-state index >= 15 is 0 Å². The molecule has 0 spiro atoms. The van der Waals surface area contributed by atoms with Crippen molar-refractivity contribution >= 4 is 11.6 Å². The summed E-state index contributed by atoms with van der Waals surface area (Å²) in [6, 6.07) is 2.14. The highest BCUT2D eigenvalue weighted by Gasteiger charge is 2.32. The Labute approximate surface area is 139 Å². The lowest BCUT2D eigenvalue weighted by molar-refractivity contribution is 0.122. The van der Waals surface area contributed by atoms with Gasteiger partial charge in [0.25, 0.3) is 0 Å². The lowest BCUT2D eigenvalue weighted by atomic mass is 9.88. The van der Waals surface area contributed by atoms with Gasteiger partial charge in [-0.3, -0.25) is 4.90 Å². The molecule has 22 heavy (non-hydrogen) atoms. The molecule has 0 radical (unpaired) electrons. The van der Waals surface area contributed by atoms with Gasteiger partial charge in [-0.2, -0.15) is 0 Å². The predicted octanol–water partition coefficient (Wildman–Crippen LogP) is 4.12. The van der Waals surface area contributed by atoms with Crippen LogP contribution in [0.4, 0.5) is 0 Å². The molecule has 1 aromatic carbocycles. The SMILES string of the molecule is CCOc1c(C)cc(Cl)c(C)c1C(C(C)CO)N1CCCC1. The number of aryl methyl sites for hydroxylation is 1. The lowest BCUT2D eigenvalue weighted by Gasteiger charge is -2.35. The number of nitrogens with zero attached hydrogens (tertiary/aromatic N) is 1. The largest absolute Gasteiger partial charge is 0.493 e. The number of aliphatic hydroxyl groups is 1. The van der Waals surface area contributed by atoms with Gasteiger partial charge in [0.05, 0.1) is 6.61 Å². The summed E-state index contributed by atoms with van der Waals surface area (Å²) in [5.41, 5.74) is 3.31. The molecule has 0 aromatic heterocycles. The third-order valence-electron chi connectivity index (χ3n) is 4.65. The topological polar surface area (TPSA) is 32.7 Å². The summed E-state index contributed by atoms with van der Waals surface area (Å²) in [5.74, 6) is 1.09. The molecule has 0 bridgehead atoms. The van der Waals surface area contributed by atoms with Crippen molar-refractivity contribution < 1.29 is 9.84 Å². The number of rotatable bonds is 6. The Morgan fingerprint density at radius 3 is 2.50 bits per heavy atom. The highest BCUT2D eigenvalue weighted by atomic mass is 35.5. The van der Waals surface area contributed by atoms with E-state index in [0.717, 1.165) is 40.6 Å². The van der Waals surface area contributed by atoms with E-state index in [0.29, 0.717) is 6.61 Å². The maximum Gasteiger partial charge on any atom is 0.127 e. The van der Waals surface area contributed by atoms with Crippen LogP contribution in [0.3, 0.4) is 0 Å². The number of likely N-dealkylation sites (tertiary alicyclic amines) is 1. The third-order valence-corrected chi connectivity index (χ3v) is 5.05. The highest BCUT2D eigenvalue weighted by Crippen LogP contribution is 2.42. The van der Waals surface area contributed by atoms with Gasteiger partial charge >= 0.3 is 0 Å². The Kier molecular flexibility index (Phi) is 6.13. The van der Waals surface area contributed by atoms with Crippen molar-refractivity contribution in [3.63, 3.8) is 0 Å². The molecular formula is C18H28ClNO2. The van der Waals surface area contributed by atoms with Crippen molar-refractivity contribution in [1.82, 2.24) is 4.90 Å². The fraction of sp³-hybridized carbons (Fsp3) is 0.667. The first-order chi connectivity index (χ1) is 10.5. The Balaban J connectivity index is 2.57. The van der Waals surface area contributed by atoms with Gasteiger partial charge in [0.15, 0.2) is 0 Å². The average Bonchev–Trinajstić information content (AvgIpc) is 3.01. The molecule has 2 atom stereocenters. The molecule has 0 saturated carbocycles. The molecule has 1 saturated heterocycles. The molecule has 3 nitrogen and oxygen atoms in total. The summed E-state index contributed by atoms with van der Waals surface area (Å²) in [4.78, 5) is 2.47. The van der Waals surface area contributed by atoms with Crippen LogP contribution in [0.15, 0.2) is 6.07 Å². The minimum Gasteiger partial charge on any atom is -0.493 e. The average molecular weight is 326 g/mol. The van der Waals surface area contributed by atoms with Gasteiger partial charge in [-0.05, 0) is 69.8 Å². The molecule has 1 aromatic rings. The molecule has 1 N–H and O–H groups in total. The van der Waals surface area contributed by atoms with E-state index in [4.69, 9.17) is 16.3 Å². The Morgan fingerprint density at radius 2 is 1.95 bits per heavy atom. The van der Waals surface area contributed by atoms with E-state index in [2.05, 4.69) is 18.7 Å². The molecule has 124 valence electrons. The smallest absolute Gasteiger partial charge is 0.127 e. The van der Waals surface area contributed by atoms with Crippen LogP contribution in [0.25, 0.3) is 0 Å². The summed E-state index contributed by atoms with van der Waals surface area (Å²) >= 11 is 6.45. The fourth-order valence-electron chi connectivity index (χ4n) is 3.51. The Bertz CT molecular complexity index is 512. The van der Waals surface area contributed by atoms with Crippen LogP contribution < -0.4 is 4.74 Å². The highest BCUT2D eigenvalue weighted by molar-refractivity contribution is 6.31. The third kappa shape index (κ3) is 3.42. The van der Waals surface area contributed by atoms with Gasteiger partial charge in [-0.1, -0.05) is 18.5 Å². The number of aliphatic hydroxyl groups excluding tert-OH is 1. The van der Waals surface area contributed by atoms with Crippen LogP contribution in [-0.2, 0) is 0 Å². The number of hydrogen-bond donors (Lipinski definition) is 1. The first kappa shape index (κ1) is 17.6. The predicted molar refractivity (Wildman–Crippen MR) is 91.9 cm³/mol. The quantitative estimate of drug-likeness (QED) is 0.854. The van der Waals surface area contributed by atoms with E-state index in [1.54, 1.807) is 0 Å². The second kappa shape index (κ2) is 7.67. The maximum absolute atomic E-state index is 9.78. The number of benzene rings is 1. The van der Waals surface area contributed by atoms with Gasteiger partial charge in [0.1, 0.15) is 5.75 Å². The van der Waals surface area contributed by atoms with Crippen LogP contribution in [0.2, 0.25) is 5.02 Å². The van der Waals surface area contributed by atoms with Crippen molar-refractivity contribution in [2.45, 2.75) is 46.6 Å². The van der Waals surface area contributed by atoms with E-state index in [9.17, 15) is 5.11 Å². The Hall–Kier alpha value is -0.770. The second-order valence-electron chi connectivity index (χ2n) is 6.32. The number of hydrogen-bond acceptors (Lipinski definition) is 3. The molecule has 0 aliphatic carbocycles. The van der Waals surface area contributed by atoms with Crippen LogP contribution in [-0.4, -0.2) is 36.3 Å². The van der Waals surface area contributed by atoms with E-state index < -0.39 is 0 Å². The molecule has 4 heteroatoms. The minimum absolute atomic E-state index is 0.147. The van der Waals surface area contributed by atoms with Crippen molar-refractivity contribution in [3.8, 4) is 5.75 Å². The van der Waals surface area contributed by atoms with Crippen molar-refractivity contribution in [2.24, 2.45) is 5.92 Å². The second-order valence-corrected chi connectivity index (χ2v) is 6.73. The Morgan fingerprint density at radius 1 is 1.32 bits per heavy atom. The van der Waals surface area contributed by atoms with Crippen molar-refractivity contribution in [3.05, 3.63) is 27.8 Å². The molecule has 1 aliphatic rings. The van der Waals surface area contributed by atoms with Crippen LogP contribution in [0, 0.1) is 19.8 Å². The van der Waals surface area contributed by atoms with E-state index in [-0.39, 0.29) is 18.6 Å². The minimum atomic E-state index is 0.147. The first-order valence-electron chi connectivity index (χ1n) is 8.28. The van der Waals surface area contributed by atoms with Gasteiger partial charge < -0.3 is 9.84 Å². The summed E-state index contributed by atoms with van der Waals surface area (Å²) in [7, 11) is 0. The van der Waals surface area contributed by atoms with Crippen LogP contribution in [0.1, 0.15) is 49.4 Å². The van der Waals surface area contributed by atoms with Gasteiger partial charge in [-0.15, -0.1) is 0 Å².